The minimum Gasteiger partial charge on any atom is -0.477 e. The third-order valence-corrected chi connectivity index (χ3v) is 4.49. The summed E-state index contributed by atoms with van der Waals surface area (Å²) < 4.78 is 5.93. The highest BCUT2D eigenvalue weighted by atomic mass is 16.5. The van der Waals surface area contributed by atoms with E-state index in [0.717, 1.165) is 42.4 Å². The molecule has 3 nitrogen and oxygen atoms in total. The highest BCUT2D eigenvalue weighted by Crippen LogP contribution is 2.24. The third kappa shape index (κ3) is 4.56. The van der Waals surface area contributed by atoms with Gasteiger partial charge in [0.05, 0.1) is 12.3 Å². The van der Waals surface area contributed by atoms with Crippen LogP contribution in [0, 0.1) is 34.6 Å². The summed E-state index contributed by atoms with van der Waals surface area (Å²) in [6.45, 7) is 13.4. The van der Waals surface area contributed by atoms with Gasteiger partial charge in [-0.3, -0.25) is 0 Å². The van der Waals surface area contributed by atoms with Crippen molar-refractivity contribution in [3.05, 3.63) is 51.5 Å². The Labute approximate surface area is 146 Å². The molecule has 0 aliphatic heterocycles. The van der Waals surface area contributed by atoms with Crippen LogP contribution in [0.4, 0.5) is 0 Å². The zero-order valence-electron chi connectivity index (χ0n) is 16.0. The second-order valence-electron chi connectivity index (χ2n) is 6.76. The zero-order chi connectivity index (χ0) is 17.7. The Hall–Kier alpha value is -1.90. The Bertz CT molecular complexity index is 684. The van der Waals surface area contributed by atoms with Crippen molar-refractivity contribution in [2.24, 2.45) is 0 Å². The van der Waals surface area contributed by atoms with Gasteiger partial charge in [0.25, 0.3) is 0 Å². The first kappa shape index (κ1) is 18.4. The SMILES string of the molecule is CCCCCOc1nc(C)nc(Cc2c(C)cc(C)cc2C)c1C. The molecule has 1 heterocycles. The van der Waals surface area contributed by atoms with E-state index in [1.54, 1.807) is 0 Å². The molecule has 0 aliphatic carbocycles. The number of unbranched alkanes of at least 4 members (excludes halogenated alkanes) is 2. The Balaban J connectivity index is 2.26. The molecule has 0 saturated heterocycles. The maximum Gasteiger partial charge on any atom is 0.219 e. The van der Waals surface area contributed by atoms with Gasteiger partial charge in [-0.05, 0) is 57.7 Å². The van der Waals surface area contributed by atoms with Crippen LogP contribution in [0.15, 0.2) is 12.1 Å². The molecule has 1 aromatic heterocycles. The minimum atomic E-state index is 0.729. The van der Waals surface area contributed by atoms with Crippen molar-refractivity contribution in [3.8, 4) is 5.88 Å². The Morgan fingerprint density at radius 1 is 0.917 bits per heavy atom. The van der Waals surface area contributed by atoms with Crippen molar-refractivity contribution in [1.29, 1.82) is 0 Å². The van der Waals surface area contributed by atoms with Crippen LogP contribution >= 0.6 is 0 Å². The molecule has 0 bridgehead atoms. The molecule has 0 spiro atoms. The molecule has 2 aromatic rings. The van der Waals surface area contributed by atoms with Crippen molar-refractivity contribution in [2.75, 3.05) is 6.61 Å². The zero-order valence-corrected chi connectivity index (χ0v) is 16.0. The molecule has 0 N–H and O–H groups in total. The van der Waals surface area contributed by atoms with E-state index in [1.807, 2.05) is 6.92 Å². The topological polar surface area (TPSA) is 35.0 Å². The van der Waals surface area contributed by atoms with Gasteiger partial charge in [0.15, 0.2) is 0 Å². The molecule has 2 rings (SSSR count). The van der Waals surface area contributed by atoms with Crippen molar-refractivity contribution in [3.63, 3.8) is 0 Å². The van der Waals surface area contributed by atoms with Gasteiger partial charge in [0.2, 0.25) is 5.88 Å². The van der Waals surface area contributed by atoms with Crippen LogP contribution < -0.4 is 4.74 Å². The van der Waals surface area contributed by atoms with Gasteiger partial charge in [-0.25, -0.2) is 4.98 Å². The lowest BCUT2D eigenvalue weighted by Gasteiger charge is -2.15. The van der Waals surface area contributed by atoms with Crippen LogP contribution in [-0.2, 0) is 6.42 Å². The fourth-order valence-corrected chi connectivity index (χ4v) is 3.15. The van der Waals surface area contributed by atoms with E-state index in [2.05, 4.69) is 56.7 Å². The van der Waals surface area contributed by atoms with Gasteiger partial charge < -0.3 is 4.74 Å². The Kier molecular flexibility index (Phi) is 6.36. The van der Waals surface area contributed by atoms with E-state index in [0.29, 0.717) is 0 Å². The molecule has 24 heavy (non-hydrogen) atoms. The van der Waals surface area contributed by atoms with Crippen LogP contribution in [0.3, 0.4) is 0 Å². The van der Waals surface area contributed by atoms with Crippen molar-refractivity contribution < 1.29 is 4.74 Å². The summed E-state index contributed by atoms with van der Waals surface area (Å²) in [6.07, 6.45) is 4.29. The smallest absolute Gasteiger partial charge is 0.219 e. The number of hydrogen-bond donors (Lipinski definition) is 0. The summed E-state index contributed by atoms with van der Waals surface area (Å²) >= 11 is 0. The van der Waals surface area contributed by atoms with Crippen molar-refractivity contribution in [1.82, 2.24) is 9.97 Å². The maximum absolute atomic E-state index is 5.93. The fraction of sp³-hybridized carbons (Fsp3) is 0.524. The predicted molar refractivity (Wildman–Crippen MR) is 100.0 cm³/mol. The maximum atomic E-state index is 5.93. The minimum absolute atomic E-state index is 0.729. The monoisotopic (exact) mass is 326 g/mol. The summed E-state index contributed by atoms with van der Waals surface area (Å²) in [5.74, 6) is 1.53. The average Bonchev–Trinajstić information content (AvgIpc) is 2.51. The summed E-state index contributed by atoms with van der Waals surface area (Å²) in [5, 5.41) is 0. The number of hydrogen-bond acceptors (Lipinski definition) is 3. The van der Waals surface area contributed by atoms with E-state index >= 15 is 0 Å². The van der Waals surface area contributed by atoms with Gasteiger partial charge in [0, 0.05) is 12.0 Å². The Morgan fingerprint density at radius 2 is 1.58 bits per heavy atom. The number of nitrogens with zero attached hydrogens (tertiary/aromatic N) is 2. The van der Waals surface area contributed by atoms with Crippen molar-refractivity contribution in [2.45, 2.75) is 67.2 Å². The molecular weight excluding hydrogens is 296 g/mol. The van der Waals surface area contributed by atoms with E-state index in [9.17, 15) is 0 Å². The van der Waals surface area contributed by atoms with E-state index < -0.39 is 0 Å². The normalized spacial score (nSPS) is 10.9. The molecular formula is C21H30N2O. The van der Waals surface area contributed by atoms with Gasteiger partial charge in [-0.15, -0.1) is 0 Å². The third-order valence-electron chi connectivity index (χ3n) is 4.49. The van der Waals surface area contributed by atoms with E-state index in [4.69, 9.17) is 4.74 Å². The molecule has 0 saturated carbocycles. The number of ether oxygens (including phenoxy) is 1. The summed E-state index contributed by atoms with van der Waals surface area (Å²) in [5.41, 5.74) is 7.46. The molecule has 0 amide bonds. The number of aromatic nitrogens is 2. The second kappa shape index (κ2) is 8.27. The summed E-state index contributed by atoms with van der Waals surface area (Å²) in [7, 11) is 0. The highest BCUT2D eigenvalue weighted by molar-refractivity contribution is 5.42. The van der Waals surface area contributed by atoms with Gasteiger partial charge in [-0.2, -0.15) is 4.98 Å². The van der Waals surface area contributed by atoms with Crippen LogP contribution in [0.25, 0.3) is 0 Å². The van der Waals surface area contributed by atoms with Gasteiger partial charge in [-0.1, -0.05) is 37.5 Å². The van der Waals surface area contributed by atoms with Crippen LogP contribution in [0.5, 0.6) is 5.88 Å². The van der Waals surface area contributed by atoms with Crippen molar-refractivity contribution >= 4 is 0 Å². The van der Waals surface area contributed by atoms with Gasteiger partial charge in [0.1, 0.15) is 5.82 Å². The van der Waals surface area contributed by atoms with Gasteiger partial charge >= 0.3 is 0 Å². The molecule has 0 aliphatic rings. The molecule has 3 heteroatoms. The largest absolute Gasteiger partial charge is 0.477 e. The molecule has 0 atom stereocenters. The first-order valence-electron chi connectivity index (χ1n) is 8.96. The average molecular weight is 326 g/mol. The summed E-state index contributed by atoms with van der Waals surface area (Å²) in [4.78, 5) is 9.18. The molecule has 1 aromatic carbocycles. The van der Waals surface area contributed by atoms with E-state index in [-0.39, 0.29) is 0 Å². The first-order chi connectivity index (χ1) is 11.4. The number of rotatable bonds is 7. The lowest BCUT2D eigenvalue weighted by molar-refractivity contribution is 0.291. The van der Waals surface area contributed by atoms with Crippen LogP contribution in [0.2, 0.25) is 0 Å². The van der Waals surface area contributed by atoms with E-state index in [1.165, 1.54) is 35.1 Å². The molecule has 0 unspecified atom stereocenters. The lowest BCUT2D eigenvalue weighted by Crippen LogP contribution is -2.08. The lowest BCUT2D eigenvalue weighted by atomic mass is 9.95. The molecule has 0 fully saturated rings. The quantitative estimate of drug-likeness (QED) is 0.658. The predicted octanol–water partition coefficient (Wildman–Crippen LogP) is 5.18. The summed E-state index contributed by atoms with van der Waals surface area (Å²) in [6, 6.07) is 4.49. The molecule has 0 radical (unpaired) electrons. The Morgan fingerprint density at radius 3 is 2.21 bits per heavy atom. The van der Waals surface area contributed by atoms with Crippen LogP contribution in [-0.4, -0.2) is 16.6 Å². The number of aryl methyl sites for hydroxylation is 4. The first-order valence-corrected chi connectivity index (χ1v) is 8.96. The second-order valence-corrected chi connectivity index (χ2v) is 6.76. The highest BCUT2D eigenvalue weighted by Gasteiger charge is 2.13. The number of benzene rings is 1. The standard InChI is InChI=1S/C21H30N2O/c1-7-8-9-10-24-21-17(5)20(22-18(6)23-21)13-19-15(3)11-14(2)12-16(19)4/h11-12H,7-10,13H2,1-6H3. The molecule has 130 valence electrons. The van der Waals surface area contributed by atoms with Crippen LogP contribution in [0.1, 0.15) is 65.5 Å². The fourth-order valence-electron chi connectivity index (χ4n) is 3.15.